The molecule has 0 amide bonds. The van der Waals surface area contributed by atoms with Crippen molar-refractivity contribution in [1.82, 2.24) is 0 Å². The van der Waals surface area contributed by atoms with Gasteiger partial charge in [0.2, 0.25) is 0 Å². The monoisotopic (exact) mass is 239 g/mol. The summed E-state index contributed by atoms with van der Waals surface area (Å²) in [5.74, 6) is 0.749. The van der Waals surface area contributed by atoms with E-state index in [-0.39, 0.29) is 0 Å². The molecule has 2 heteroatoms. The summed E-state index contributed by atoms with van der Waals surface area (Å²) < 4.78 is 1.14. The van der Waals surface area contributed by atoms with E-state index in [9.17, 15) is 0 Å². The second-order valence-electron chi connectivity index (χ2n) is 3.97. The van der Waals surface area contributed by atoms with Crippen LogP contribution in [0.2, 0.25) is 0 Å². The number of benzene rings is 1. The Balaban J connectivity index is 2.31. The van der Waals surface area contributed by atoms with Gasteiger partial charge in [0, 0.05) is 16.4 Å². The summed E-state index contributed by atoms with van der Waals surface area (Å²) >= 11 is 3.44. The lowest BCUT2D eigenvalue weighted by Crippen LogP contribution is -2.21. The molecule has 0 saturated heterocycles. The predicted molar refractivity (Wildman–Crippen MR) is 58.7 cm³/mol. The summed E-state index contributed by atoms with van der Waals surface area (Å²) in [6.45, 7) is 3.05. The Kier molecular flexibility index (Phi) is 2.20. The van der Waals surface area contributed by atoms with E-state index < -0.39 is 0 Å². The zero-order valence-corrected chi connectivity index (χ0v) is 9.34. The molecule has 1 aliphatic carbocycles. The maximum atomic E-state index is 5.82. The van der Waals surface area contributed by atoms with Gasteiger partial charge in [-0.3, -0.25) is 0 Å². The SMILES string of the molecule is CC1CC1(CN)c1ccc(Br)cc1. The fourth-order valence-electron chi connectivity index (χ4n) is 2.07. The molecule has 0 bridgehead atoms. The predicted octanol–water partition coefficient (Wildman–Crippen LogP) is 2.69. The molecule has 2 atom stereocenters. The quantitative estimate of drug-likeness (QED) is 0.844. The maximum Gasteiger partial charge on any atom is 0.0175 e. The normalized spacial score (nSPS) is 31.8. The van der Waals surface area contributed by atoms with Gasteiger partial charge in [-0.2, -0.15) is 0 Å². The molecule has 1 aliphatic rings. The highest BCUT2D eigenvalue weighted by atomic mass is 79.9. The van der Waals surface area contributed by atoms with Crippen LogP contribution in [0.25, 0.3) is 0 Å². The van der Waals surface area contributed by atoms with E-state index >= 15 is 0 Å². The fraction of sp³-hybridized carbons (Fsp3) is 0.455. The first-order valence-corrected chi connectivity index (χ1v) is 5.44. The minimum absolute atomic E-state index is 0.292. The van der Waals surface area contributed by atoms with Crippen LogP contribution >= 0.6 is 15.9 Å². The first kappa shape index (κ1) is 9.22. The molecule has 2 unspecified atom stereocenters. The lowest BCUT2D eigenvalue weighted by molar-refractivity contribution is 0.641. The number of hydrogen-bond acceptors (Lipinski definition) is 1. The molecule has 70 valence electrons. The van der Waals surface area contributed by atoms with Crippen molar-refractivity contribution in [2.75, 3.05) is 6.54 Å². The number of nitrogens with two attached hydrogens (primary N) is 1. The lowest BCUT2D eigenvalue weighted by Gasteiger charge is -2.14. The average molecular weight is 240 g/mol. The highest BCUT2D eigenvalue weighted by Crippen LogP contribution is 2.53. The third-order valence-corrected chi connectivity index (χ3v) is 3.77. The van der Waals surface area contributed by atoms with Crippen molar-refractivity contribution in [3.05, 3.63) is 34.3 Å². The van der Waals surface area contributed by atoms with Crippen LogP contribution in [0.4, 0.5) is 0 Å². The van der Waals surface area contributed by atoms with Gasteiger partial charge in [0.05, 0.1) is 0 Å². The molecule has 1 saturated carbocycles. The van der Waals surface area contributed by atoms with Crippen molar-refractivity contribution in [1.29, 1.82) is 0 Å². The Hall–Kier alpha value is -0.340. The van der Waals surface area contributed by atoms with Gasteiger partial charge in [0.1, 0.15) is 0 Å². The van der Waals surface area contributed by atoms with E-state index in [0.29, 0.717) is 5.41 Å². The smallest absolute Gasteiger partial charge is 0.0175 e. The molecule has 13 heavy (non-hydrogen) atoms. The van der Waals surface area contributed by atoms with Gasteiger partial charge in [0.15, 0.2) is 0 Å². The van der Waals surface area contributed by atoms with Crippen LogP contribution in [0.15, 0.2) is 28.7 Å². The first-order chi connectivity index (χ1) is 6.19. The Morgan fingerprint density at radius 2 is 2.00 bits per heavy atom. The van der Waals surface area contributed by atoms with Gasteiger partial charge in [0.25, 0.3) is 0 Å². The molecular weight excluding hydrogens is 226 g/mol. The van der Waals surface area contributed by atoms with Crippen molar-refractivity contribution < 1.29 is 0 Å². The maximum absolute atomic E-state index is 5.82. The minimum Gasteiger partial charge on any atom is -0.330 e. The first-order valence-electron chi connectivity index (χ1n) is 4.65. The highest BCUT2D eigenvalue weighted by molar-refractivity contribution is 9.10. The number of halogens is 1. The van der Waals surface area contributed by atoms with E-state index in [0.717, 1.165) is 16.9 Å². The van der Waals surface area contributed by atoms with Crippen molar-refractivity contribution in [2.45, 2.75) is 18.8 Å². The summed E-state index contributed by atoms with van der Waals surface area (Å²) in [5.41, 5.74) is 7.50. The number of hydrogen-bond donors (Lipinski definition) is 1. The molecule has 0 spiro atoms. The Labute approximate surface area is 87.5 Å². The zero-order valence-electron chi connectivity index (χ0n) is 7.76. The van der Waals surface area contributed by atoms with Crippen LogP contribution in [0.3, 0.4) is 0 Å². The Bertz CT molecular complexity index is 302. The van der Waals surface area contributed by atoms with E-state index in [1.807, 2.05) is 0 Å². The van der Waals surface area contributed by atoms with Crippen LogP contribution in [0.1, 0.15) is 18.9 Å². The van der Waals surface area contributed by atoms with E-state index in [1.165, 1.54) is 12.0 Å². The summed E-state index contributed by atoms with van der Waals surface area (Å²) in [4.78, 5) is 0. The lowest BCUT2D eigenvalue weighted by atomic mass is 9.94. The van der Waals surface area contributed by atoms with Crippen LogP contribution in [-0.2, 0) is 5.41 Å². The van der Waals surface area contributed by atoms with Gasteiger partial charge in [-0.1, -0.05) is 35.0 Å². The standard InChI is InChI=1S/C11H14BrN/c1-8-6-11(8,7-13)9-2-4-10(12)5-3-9/h2-5,8H,6-7,13H2,1H3. The van der Waals surface area contributed by atoms with Crippen molar-refractivity contribution in [3.8, 4) is 0 Å². The molecule has 1 aromatic carbocycles. The third kappa shape index (κ3) is 1.42. The summed E-state index contributed by atoms with van der Waals surface area (Å²) in [6, 6.07) is 8.55. The molecule has 1 aromatic rings. The van der Waals surface area contributed by atoms with Gasteiger partial charge in [-0.25, -0.2) is 0 Å². The van der Waals surface area contributed by atoms with Crippen molar-refractivity contribution >= 4 is 15.9 Å². The van der Waals surface area contributed by atoms with Crippen LogP contribution in [0, 0.1) is 5.92 Å². The number of rotatable bonds is 2. The van der Waals surface area contributed by atoms with E-state index in [4.69, 9.17) is 5.73 Å². The van der Waals surface area contributed by atoms with Crippen molar-refractivity contribution in [2.24, 2.45) is 11.7 Å². The largest absolute Gasteiger partial charge is 0.330 e. The molecule has 2 rings (SSSR count). The highest BCUT2D eigenvalue weighted by Gasteiger charge is 2.50. The Morgan fingerprint density at radius 1 is 1.46 bits per heavy atom. The topological polar surface area (TPSA) is 26.0 Å². The molecule has 2 N–H and O–H groups in total. The molecule has 1 fully saturated rings. The van der Waals surface area contributed by atoms with E-state index in [1.54, 1.807) is 0 Å². The molecular formula is C11H14BrN. The molecule has 0 aliphatic heterocycles. The fourth-order valence-corrected chi connectivity index (χ4v) is 2.34. The van der Waals surface area contributed by atoms with Crippen LogP contribution in [-0.4, -0.2) is 6.54 Å². The molecule has 0 aromatic heterocycles. The summed E-state index contributed by atoms with van der Waals surface area (Å²) in [6.07, 6.45) is 1.24. The van der Waals surface area contributed by atoms with Crippen LogP contribution < -0.4 is 5.73 Å². The van der Waals surface area contributed by atoms with Crippen molar-refractivity contribution in [3.63, 3.8) is 0 Å². The second-order valence-corrected chi connectivity index (χ2v) is 4.89. The van der Waals surface area contributed by atoms with Crippen LogP contribution in [0.5, 0.6) is 0 Å². The molecule has 1 nitrogen and oxygen atoms in total. The van der Waals surface area contributed by atoms with E-state index in [2.05, 4.69) is 47.1 Å². The zero-order chi connectivity index (χ0) is 9.47. The Morgan fingerprint density at radius 3 is 2.38 bits per heavy atom. The minimum atomic E-state index is 0.292. The third-order valence-electron chi connectivity index (χ3n) is 3.24. The summed E-state index contributed by atoms with van der Waals surface area (Å²) in [5, 5.41) is 0. The van der Waals surface area contributed by atoms with Gasteiger partial charge < -0.3 is 5.73 Å². The molecule has 0 radical (unpaired) electrons. The second kappa shape index (κ2) is 3.10. The molecule has 0 heterocycles. The van der Waals surface area contributed by atoms with Gasteiger partial charge in [-0.15, -0.1) is 0 Å². The van der Waals surface area contributed by atoms with Gasteiger partial charge >= 0.3 is 0 Å². The summed E-state index contributed by atoms with van der Waals surface area (Å²) in [7, 11) is 0. The average Bonchev–Trinajstić information content (AvgIpc) is 2.79. The van der Waals surface area contributed by atoms with Gasteiger partial charge in [-0.05, 0) is 30.0 Å².